The van der Waals surface area contributed by atoms with Crippen molar-refractivity contribution in [2.75, 3.05) is 20.2 Å². The van der Waals surface area contributed by atoms with Gasteiger partial charge in [-0.05, 0) is 17.5 Å². The lowest BCUT2D eigenvalue weighted by Crippen LogP contribution is -2.22. The summed E-state index contributed by atoms with van der Waals surface area (Å²) in [5, 5.41) is 0. The predicted octanol–water partition coefficient (Wildman–Crippen LogP) is 1.55. The zero-order valence-electron chi connectivity index (χ0n) is 9.39. The minimum absolute atomic E-state index is 0.390. The van der Waals surface area contributed by atoms with Gasteiger partial charge in [-0.3, -0.25) is 9.88 Å². The van der Waals surface area contributed by atoms with Crippen molar-refractivity contribution in [2.24, 2.45) is 5.92 Å². The largest absolute Gasteiger partial charge is 0.380 e. The maximum absolute atomic E-state index is 5.43. The lowest BCUT2D eigenvalue weighted by atomic mass is 10.1. The number of methoxy groups -OCH3 is 1. The van der Waals surface area contributed by atoms with Crippen LogP contribution in [-0.4, -0.2) is 36.2 Å². The summed E-state index contributed by atoms with van der Waals surface area (Å²) in [6.07, 6.45) is 4.14. The fourth-order valence-corrected chi connectivity index (χ4v) is 2.22. The first-order valence-corrected chi connectivity index (χ1v) is 5.43. The quantitative estimate of drug-likeness (QED) is 0.750. The normalized spacial score (nSPS) is 27.1. The van der Waals surface area contributed by atoms with E-state index in [2.05, 4.69) is 22.9 Å². The molecule has 0 bridgehead atoms. The van der Waals surface area contributed by atoms with E-state index in [9.17, 15) is 0 Å². The molecule has 2 rings (SSSR count). The number of ether oxygens (including phenoxy) is 1. The summed E-state index contributed by atoms with van der Waals surface area (Å²) in [6, 6.07) is 4.11. The van der Waals surface area contributed by atoms with Gasteiger partial charge >= 0.3 is 0 Å². The fraction of sp³-hybridized carbons (Fsp3) is 0.583. The third-order valence-corrected chi connectivity index (χ3v) is 3.05. The van der Waals surface area contributed by atoms with Crippen LogP contribution in [0.15, 0.2) is 24.5 Å². The summed E-state index contributed by atoms with van der Waals surface area (Å²) < 4.78 is 5.43. The summed E-state index contributed by atoms with van der Waals surface area (Å²) in [5.74, 6) is 0.631. The van der Waals surface area contributed by atoms with Gasteiger partial charge in [-0.2, -0.15) is 0 Å². The Labute approximate surface area is 91.1 Å². The molecular formula is C12H18N2O. The number of hydrogen-bond donors (Lipinski definition) is 0. The van der Waals surface area contributed by atoms with Crippen molar-refractivity contribution in [1.29, 1.82) is 0 Å². The summed E-state index contributed by atoms with van der Waals surface area (Å²) >= 11 is 0. The molecule has 0 aliphatic carbocycles. The lowest BCUT2D eigenvalue weighted by molar-refractivity contribution is 0.0833. The van der Waals surface area contributed by atoms with Crippen LogP contribution in [0, 0.1) is 5.92 Å². The van der Waals surface area contributed by atoms with Gasteiger partial charge in [0.1, 0.15) is 0 Å². The molecule has 3 nitrogen and oxygen atoms in total. The van der Waals surface area contributed by atoms with E-state index in [-0.39, 0.29) is 0 Å². The number of aromatic nitrogens is 1. The van der Waals surface area contributed by atoms with Gasteiger partial charge in [0.15, 0.2) is 0 Å². The Bertz CT molecular complexity index is 302. The second kappa shape index (κ2) is 4.73. The highest BCUT2D eigenvalue weighted by molar-refractivity contribution is 5.08. The Balaban J connectivity index is 1.92. The van der Waals surface area contributed by atoms with Crippen LogP contribution in [0.5, 0.6) is 0 Å². The third kappa shape index (κ3) is 2.55. The van der Waals surface area contributed by atoms with Crippen LogP contribution in [0.2, 0.25) is 0 Å². The molecule has 1 aromatic rings. The molecule has 1 fully saturated rings. The topological polar surface area (TPSA) is 25.4 Å². The Morgan fingerprint density at radius 1 is 1.53 bits per heavy atom. The molecule has 1 aromatic heterocycles. The molecule has 1 aliphatic heterocycles. The summed E-state index contributed by atoms with van der Waals surface area (Å²) in [6.45, 7) is 5.38. The average Bonchev–Trinajstić information content (AvgIpc) is 2.60. The number of nitrogens with zero attached hydrogens (tertiary/aromatic N) is 2. The maximum atomic E-state index is 5.43. The van der Waals surface area contributed by atoms with Gasteiger partial charge < -0.3 is 4.74 Å². The molecule has 0 aromatic carbocycles. The lowest BCUT2D eigenvalue weighted by Gasteiger charge is -2.14. The van der Waals surface area contributed by atoms with Gasteiger partial charge in [-0.1, -0.05) is 13.0 Å². The van der Waals surface area contributed by atoms with Crippen molar-refractivity contribution >= 4 is 0 Å². The second-order valence-corrected chi connectivity index (χ2v) is 4.31. The first-order valence-electron chi connectivity index (χ1n) is 5.43. The van der Waals surface area contributed by atoms with E-state index >= 15 is 0 Å². The molecule has 82 valence electrons. The highest BCUT2D eigenvalue weighted by Gasteiger charge is 2.29. The van der Waals surface area contributed by atoms with E-state index in [0.717, 1.165) is 19.6 Å². The van der Waals surface area contributed by atoms with E-state index < -0.39 is 0 Å². The average molecular weight is 206 g/mol. The number of rotatable bonds is 3. The van der Waals surface area contributed by atoms with Crippen LogP contribution in [0.25, 0.3) is 0 Å². The summed E-state index contributed by atoms with van der Waals surface area (Å²) in [5.41, 5.74) is 1.28. The Morgan fingerprint density at radius 3 is 3.00 bits per heavy atom. The zero-order valence-corrected chi connectivity index (χ0v) is 9.39. The Hall–Kier alpha value is -0.930. The van der Waals surface area contributed by atoms with Crippen LogP contribution in [0.1, 0.15) is 12.5 Å². The van der Waals surface area contributed by atoms with E-state index in [4.69, 9.17) is 4.74 Å². The molecule has 0 spiro atoms. The first-order chi connectivity index (χ1) is 7.29. The molecule has 0 N–H and O–H groups in total. The maximum Gasteiger partial charge on any atom is 0.0735 e. The molecule has 0 radical (unpaired) electrons. The van der Waals surface area contributed by atoms with Crippen LogP contribution >= 0.6 is 0 Å². The van der Waals surface area contributed by atoms with Crippen LogP contribution in [0.4, 0.5) is 0 Å². The Kier molecular flexibility index (Phi) is 3.34. The third-order valence-electron chi connectivity index (χ3n) is 3.05. The monoisotopic (exact) mass is 206 g/mol. The van der Waals surface area contributed by atoms with Crippen LogP contribution in [-0.2, 0) is 11.3 Å². The molecule has 1 aliphatic rings. The van der Waals surface area contributed by atoms with E-state index in [1.165, 1.54) is 5.56 Å². The molecule has 2 unspecified atom stereocenters. The highest BCUT2D eigenvalue weighted by atomic mass is 16.5. The first kappa shape index (κ1) is 10.6. The van der Waals surface area contributed by atoms with Crippen molar-refractivity contribution in [3.8, 4) is 0 Å². The van der Waals surface area contributed by atoms with Gasteiger partial charge in [-0.25, -0.2) is 0 Å². The van der Waals surface area contributed by atoms with Crippen molar-refractivity contribution < 1.29 is 4.74 Å². The molecule has 2 atom stereocenters. The molecular weight excluding hydrogens is 188 g/mol. The molecule has 15 heavy (non-hydrogen) atoms. The van der Waals surface area contributed by atoms with Crippen molar-refractivity contribution in [2.45, 2.75) is 19.6 Å². The van der Waals surface area contributed by atoms with Crippen LogP contribution in [0.3, 0.4) is 0 Å². The van der Waals surface area contributed by atoms with Gasteiger partial charge in [-0.15, -0.1) is 0 Å². The van der Waals surface area contributed by atoms with Gasteiger partial charge in [0.25, 0.3) is 0 Å². The minimum Gasteiger partial charge on any atom is -0.380 e. The summed E-state index contributed by atoms with van der Waals surface area (Å²) in [4.78, 5) is 6.55. The van der Waals surface area contributed by atoms with Gasteiger partial charge in [0.2, 0.25) is 0 Å². The zero-order chi connectivity index (χ0) is 10.7. The SMILES string of the molecule is COC1CN(Cc2cccnc2)CC1C. The minimum atomic E-state index is 0.390. The van der Waals surface area contributed by atoms with E-state index in [0.29, 0.717) is 12.0 Å². The number of hydrogen-bond acceptors (Lipinski definition) is 3. The van der Waals surface area contributed by atoms with Crippen molar-refractivity contribution in [3.63, 3.8) is 0 Å². The second-order valence-electron chi connectivity index (χ2n) is 4.31. The molecule has 3 heteroatoms. The van der Waals surface area contributed by atoms with E-state index in [1.54, 1.807) is 7.11 Å². The number of likely N-dealkylation sites (tertiary alicyclic amines) is 1. The molecule has 2 heterocycles. The van der Waals surface area contributed by atoms with Gasteiger partial charge in [0.05, 0.1) is 6.10 Å². The predicted molar refractivity (Wildman–Crippen MR) is 59.5 cm³/mol. The number of pyridine rings is 1. The van der Waals surface area contributed by atoms with Gasteiger partial charge in [0, 0.05) is 39.1 Å². The Morgan fingerprint density at radius 2 is 2.40 bits per heavy atom. The van der Waals surface area contributed by atoms with Crippen LogP contribution < -0.4 is 0 Å². The molecule has 0 amide bonds. The molecule has 0 saturated carbocycles. The van der Waals surface area contributed by atoms with Crippen molar-refractivity contribution in [3.05, 3.63) is 30.1 Å². The smallest absolute Gasteiger partial charge is 0.0735 e. The van der Waals surface area contributed by atoms with Crippen molar-refractivity contribution in [1.82, 2.24) is 9.88 Å². The molecule has 1 saturated heterocycles. The van der Waals surface area contributed by atoms with E-state index in [1.807, 2.05) is 18.5 Å². The fourth-order valence-electron chi connectivity index (χ4n) is 2.22. The summed E-state index contributed by atoms with van der Waals surface area (Å²) in [7, 11) is 1.80. The standard InChI is InChI=1S/C12H18N2O/c1-10-7-14(9-12(10)15-2)8-11-4-3-5-13-6-11/h3-6,10,12H,7-9H2,1-2H3. The highest BCUT2D eigenvalue weighted by Crippen LogP contribution is 2.20.